The molecule has 1 unspecified atom stereocenters. The number of rotatable bonds is 8. The van der Waals surface area contributed by atoms with Crippen LogP contribution in [0.25, 0.3) is 0 Å². The molecule has 0 spiro atoms. The molecule has 2 aliphatic rings. The van der Waals surface area contributed by atoms with Crippen LogP contribution >= 0.6 is 0 Å². The average molecular weight is 494 g/mol. The SMILES string of the molecule is Cc1ccc(S(=O)(=O)NCC(c2ccccc2)N2CCN(Cc3ccc4c(c3)OCO4)CC2)cc1. The van der Waals surface area contributed by atoms with Crippen molar-refractivity contribution in [1.82, 2.24) is 14.5 Å². The van der Waals surface area contributed by atoms with E-state index < -0.39 is 10.0 Å². The van der Waals surface area contributed by atoms with Crippen LogP contribution in [0.2, 0.25) is 0 Å². The Bertz CT molecular complexity index is 1240. The number of benzene rings is 3. The highest BCUT2D eigenvalue weighted by atomic mass is 32.2. The molecule has 1 saturated heterocycles. The van der Waals surface area contributed by atoms with Gasteiger partial charge < -0.3 is 9.47 Å². The second kappa shape index (κ2) is 10.4. The minimum absolute atomic E-state index is 0.0379. The van der Waals surface area contributed by atoms with Gasteiger partial charge in [0, 0.05) is 45.3 Å². The zero-order valence-electron chi connectivity index (χ0n) is 19.9. The van der Waals surface area contributed by atoms with E-state index >= 15 is 0 Å². The molecule has 0 amide bonds. The molecule has 3 aromatic carbocycles. The number of hydrogen-bond acceptors (Lipinski definition) is 6. The fourth-order valence-corrected chi connectivity index (χ4v) is 5.69. The molecule has 2 aliphatic heterocycles. The van der Waals surface area contributed by atoms with Crippen LogP contribution in [0.5, 0.6) is 11.5 Å². The van der Waals surface area contributed by atoms with Crippen LogP contribution in [0, 0.1) is 6.92 Å². The first-order valence-electron chi connectivity index (χ1n) is 11.9. The highest BCUT2D eigenvalue weighted by molar-refractivity contribution is 7.89. The minimum atomic E-state index is -3.58. The summed E-state index contributed by atoms with van der Waals surface area (Å²) in [5.74, 6) is 1.61. The summed E-state index contributed by atoms with van der Waals surface area (Å²) >= 11 is 0. The lowest BCUT2D eigenvalue weighted by molar-refractivity contribution is 0.0927. The van der Waals surface area contributed by atoms with Crippen molar-refractivity contribution in [3.63, 3.8) is 0 Å². The van der Waals surface area contributed by atoms with Gasteiger partial charge in [-0.1, -0.05) is 54.1 Å². The molecular weight excluding hydrogens is 462 g/mol. The van der Waals surface area contributed by atoms with E-state index in [0.717, 1.165) is 55.3 Å². The molecule has 1 N–H and O–H groups in total. The first-order chi connectivity index (χ1) is 17.0. The smallest absolute Gasteiger partial charge is 0.240 e. The lowest BCUT2D eigenvalue weighted by Gasteiger charge is -2.39. The Morgan fingerprint density at radius 2 is 1.60 bits per heavy atom. The maximum atomic E-state index is 12.9. The van der Waals surface area contributed by atoms with E-state index in [1.807, 2.05) is 43.3 Å². The Hall–Kier alpha value is -2.91. The molecule has 35 heavy (non-hydrogen) atoms. The van der Waals surface area contributed by atoms with Crippen LogP contribution in [-0.4, -0.2) is 57.7 Å². The van der Waals surface area contributed by atoms with Crippen molar-refractivity contribution in [3.05, 3.63) is 89.5 Å². The van der Waals surface area contributed by atoms with Gasteiger partial charge in [0.25, 0.3) is 0 Å². The van der Waals surface area contributed by atoms with Gasteiger partial charge in [-0.25, -0.2) is 13.1 Å². The molecule has 0 aliphatic carbocycles. The summed E-state index contributed by atoms with van der Waals surface area (Å²) in [6.45, 7) is 6.92. The van der Waals surface area contributed by atoms with Gasteiger partial charge in [0.05, 0.1) is 4.90 Å². The molecule has 5 rings (SSSR count). The van der Waals surface area contributed by atoms with E-state index in [0.29, 0.717) is 11.4 Å². The number of hydrogen-bond donors (Lipinski definition) is 1. The van der Waals surface area contributed by atoms with Gasteiger partial charge in [-0.05, 0) is 42.3 Å². The number of ether oxygens (including phenoxy) is 2. The van der Waals surface area contributed by atoms with Crippen molar-refractivity contribution in [3.8, 4) is 11.5 Å². The maximum absolute atomic E-state index is 12.9. The fraction of sp³-hybridized carbons (Fsp3) is 0.333. The van der Waals surface area contributed by atoms with Crippen LogP contribution in [0.1, 0.15) is 22.7 Å². The second-order valence-electron chi connectivity index (χ2n) is 9.09. The molecule has 2 heterocycles. The summed E-state index contributed by atoms with van der Waals surface area (Å²) in [5, 5.41) is 0. The van der Waals surface area contributed by atoms with Crippen LogP contribution in [-0.2, 0) is 16.6 Å². The fourth-order valence-electron chi connectivity index (χ4n) is 4.65. The topological polar surface area (TPSA) is 71.1 Å². The second-order valence-corrected chi connectivity index (χ2v) is 10.9. The third kappa shape index (κ3) is 5.67. The number of aryl methyl sites for hydroxylation is 1. The zero-order valence-corrected chi connectivity index (χ0v) is 20.7. The third-order valence-corrected chi connectivity index (χ3v) is 8.11. The Kier molecular flexibility index (Phi) is 7.06. The van der Waals surface area contributed by atoms with Gasteiger partial charge >= 0.3 is 0 Å². The van der Waals surface area contributed by atoms with Crippen molar-refractivity contribution in [2.75, 3.05) is 39.5 Å². The van der Waals surface area contributed by atoms with Gasteiger partial charge in [-0.15, -0.1) is 0 Å². The lowest BCUT2D eigenvalue weighted by atomic mass is 10.0. The molecule has 1 atom stereocenters. The van der Waals surface area contributed by atoms with E-state index in [1.165, 1.54) is 5.56 Å². The largest absolute Gasteiger partial charge is 0.454 e. The quantitative estimate of drug-likeness (QED) is 0.518. The van der Waals surface area contributed by atoms with Crippen LogP contribution in [0.4, 0.5) is 0 Å². The monoisotopic (exact) mass is 493 g/mol. The summed E-state index contributed by atoms with van der Waals surface area (Å²) in [4.78, 5) is 5.10. The summed E-state index contributed by atoms with van der Waals surface area (Å²) in [5.41, 5.74) is 3.35. The molecule has 8 heteroatoms. The molecule has 184 valence electrons. The van der Waals surface area contributed by atoms with E-state index in [1.54, 1.807) is 12.1 Å². The van der Waals surface area contributed by atoms with Gasteiger partial charge in [-0.2, -0.15) is 0 Å². The molecular formula is C27H31N3O4S. The number of nitrogens with one attached hydrogen (secondary N) is 1. The molecule has 7 nitrogen and oxygen atoms in total. The normalized spacial score (nSPS) is 17.4. The minimum Gasteiger partial charge on any atom is -0.454 e. The summed E-state index contributed by atoms with van der Waals surface area (Å²) in [6, 6.07) is 23.2. The summed E-state index contributed by atoms with van der Waals surface area (Å²) in [6.07, 6.45) is 0. The lowest BCUT2D eigenvalue weighted by Crippen LogP contribution is -2.49. The summed E-state index contributed by atoms with van der Waals surface area (Å²) in [7, 11) is -3.58. The van der Waals surface area contributed by atoms with Crippen molar-refractivity contribution in [2.45, 2.75) is 24.4 Å². The predicted molar refractivity (Wildman–Crippen MR) is 135 cm³/mol. The van der Waals surface area contributed by atoms with Crippen molar-refractivity contribution in [2.24, 2.45) is 0 Å². The average Bonchev–Trinajstić information content (AvgIpc) is 3.34. The molecule has 0 saturated carbocycles. The van der Waals surface area contributed by atoms with E-state index in [-0.39, 0.29) is 12.8 Å². The Balaban J connectivity index is 1.24. The van der Waals surface area contributed by atoms with Crippen LogP contribution < -0.4 is 14.2 Å². The van der Waals surface area contributed by atoms with Crippen molar-refractivity contribution >= 4 is 10.0 Å². The molecule has 0 radical (unpaired) electrons. The molecule has 3 aromatic rings. The Morgan fingerprint density at radius 1 is 0.886 bits per heavy atom. The molecule has 0 aromatic heterocycles. The first kappa shape index (κ1) is 23.8. The highest BCUT2D eigenvalue weighted by Crippen LogP contribution is 2.33. The van der Waals surface area contributed by atoms with Gasteiger partial charge in [0.2, 0.25) is 16.8 Å². The van der Waals surface area contributed by atoms with Gasteiger partial charge in [-0.3, -0.25) is 9.80 Å². The van der Waals surface area contributed by atoms with Crippen molar-refractivity contribution in [1.29, 1.82) is 0 Å². The summed E-state index contributed by atoms with van der Waals surface area (Å²) < 4.78 is 39.7. The number of sulfonamides is 1. The van der Waals surface area contributed by atoms with E-state index in [9.17, 15) is 8.42 Å². The Morgan fingerprint density at radius 3 is 2.34 bits per heavy atom. The van der Waals surface area contributed by atoms with E-state index in [2.05, 4.69) is 38.8 Å². The van der Waals surface area contributed by atoms with Crippen LogP contribution in [0.15, 0.2) is 77.7 Å². The standard InChI is InChI=1S/C27H31N3O4S/c1-21-7-10-24(11-8-21)35(31,32)28-18-25(23-5-3-2-4-6-23)30-15-13-29(14-16-30)19-22-9-12-26-27(17-22)34-20-33-26/h2-12,17,25,28H,13-16,18-20H2,1H3. The van der Waals surface area contributed by atoms with Gasteiger partial charge in [0.15, 0.2) is 11.5 Å². The predicted octanol–water partition coefficient (Wildman–Crippen LogP) is 3.56. The number of fused-ring (bicyclic) bond motifs is 1. The van der Waals surface area contributed by atoms with Gasteiger partial charge in [0.1, 0.15) is 0 Å². The number of nitrogens with zero attached hydrogens (tertiary/aromatic N) is 2. The van der Waals surface area contributed by atoms with Crippen molar-refractivity contribution < 1.29 is 17.9 Å². The first-order valence-corrected chi connectivity index (χ1v) is 13.4. The number of piperazine rings is 1. The Labute approximate surface area is 207 Å². The van der Waals surface area contributed by atoms with Crippen LogP contribution in [0.3, 0.4) is 0 Å². The molecule has 1 fully saturated rings. The third-order valence-electron chi connectivity index (χ3n) is 6.67. The zero-order chi connectivity index (χ0) is 24.3. The molecule has 0 bridgehead atoms. The maximum Gasteiger partial charge on any atom is 0.240 e. The highest BCUT2D eigenvalue weighted by Gasteiger charge is 2.27. The van der Waals surface area contributed by atoms with E-state index in [4.69, 9.17) is 9.47 Å².